The maximum Gasteiger partial charge on any atom is 1.00 e. The first-order valence-corrected chi connectivity index (χ1v) is 2.72. The molecule has 0 radical (unpaired) electrons. The van der Waals surface area contributed by atoms with Crippen LogP contribution in [0.3, 0.4) is 0 Å². The summed E-state index contributed by atoms with van der Waals surface area (Å²) in [6.07, 6.45) is 0. The Hall–Kier alpha value is 0.920. The van der Waals surface area contributed by atoms with E-state index in [1.165, 1.54) is 0 Å². The minimum Gasteiger partial charge on any atom is -0.855 e. The van der Waals surface area contributed by atoms with Crippen molar-refractivity contribution in [3.05, 3.63) is 0 Å². The molecule has 0 aromatic carbocycles. The summed E-state index contributed by atoms with van der Waals surface area (Å²) in [5.74, 6) is 0. The van der Waals surface area contributed by atoms with Gasteiger partial charge in [-0.2, -0.15) is 0 Å². The third kappa shape index (κ3) is 505. The summed E-state index contributed by atoms with van der Waals surface area (Å²) in [6, 6.07) is 0. The van der Waals surface area contributed by atoms with Gasteiger partial charge in [0.15, 0.2) is 0 Å². The molecule has 0 heterocycles. The van der Waals surface area contributed by atoms with Crippen LogP contribution in [0.5, 0.6) is 0 Å². The minimum atomic E-state index is -0.500. The van der Waals surface area contributed by atoms with Crippen LogP contribution in [0.2, 0.25) is 0 Å². The molecule has 0 fully saturated rings. The van der Waals surface area contributed by atoms with Crippen molar-refractivity contribution in [2.75, 3.05) is 6.61 Å². The third-order valence-corrected chi connectivity index (χ3v) is 0. The van der Waals surface area contributed by atoms with E-state index in [0.717, 1.165) is 0 Å². The van der Waals surface area contributed by atoms with Gasteiger partial charge in [-0.05, 0) is 20.8 Å². The van der Waals surface area contributed by atoms with Gasteiger partial charge < -0.3 is 10.2 Å². The molecule has 0 saturated heterocycles. The molecule has 2 nitrogen and oxygen atoms in total. The van der Waals surface area contributed by atoms with Crippen LogP contribution in [0.15, 0.2) is 0 Å². The van der Waals surface area contributed by atoms with Crippen molar-refractivity contribution in [1.29, 1.82) is 0 Å². The van der Waals surface area contributed by atoms with Gasteiger partial charge in [-0.1, -0.05) is 6.92 Å². The van der Waals surface area contributed by atoms with Crippen molar-refractivity contribution in [2.45, 2.75) is 33.3 Å². The van der Waals surface area contributed by atoms with Crippen LogP contribution in [-0.2, 0) is 0 Å². The number of aliphatic hydroxyl groups is 1. The van der Waals surface area contributed by atoms with Crippen LogP contribution in [0, 0.1) is 0 Å². The average Bonchev–Trinajstić information content (AvgIpc) is 1.27. The first kappa shape index (κ1) is 16.5. The molecule has 9 heavy (non-hydrogen) atoms. The van der Waals surface area contributed by atoms with Crippen LogP contribution in [0.1, 0.15) is 27.7 Å². The topological polar surface area (TPSA) is 43.3 Å². The van der Waals surface area contributed by atoms with Gasteiger partial charge in [0, 0.05) is 0 Å². The van der Waals surface area contributed by atoms with Gasteiger partial charge in [-0.3, -0.25) is 0 Å². The standard InChI is InChI=1S/C4H10O.C2H5O.Na/c1-4(2,3)5;1-2-3;/h5H,1-3H3;2H2,1H3;/q;-1;+1. The fourth-order valence-electron chi connectivity index (χ4n) is 0. The normalized spacial score (nSPS) is 8.67. The SMILES string of the molecule is CC(C)(C)O.CC[O-].[Na+]. The van der Waals surface area contributed by atoms with E-state index in [1.807, 2.05) is 0 Å². The van der Waals surface area contributed by atoms with Crippen molar-refractivity contribution in [2.24, 2.45) is 0 Å². The van der Waals surface area contributed by atoms with E-state index in [0.29, 0.717) is 0 Å². The molecule has 0 atom stereocenters. The molecule has 0 aliphatic rings. The number of hydrogen-bond acceptors (Lipinski definition) is 2. The molecule has 0 unspecified atom stereocenters. The first-order valence-electron chi connectivity index (χ1n) is 2.72. The summed E-state index contributed by atoms with van der Waals surface area (Å²) in [5, 5.41) is 17.5. The van der Waals surface area contributed by atoms with Crippen LogP contribution in [0.4, 0.5) is 0 Å². The zero-order valence-corrected chi connectivity index (χ0v) is 9.06. The number of rotatable bonds is 0. The molecule has 0 amide bonds. The molecule has 0 bridgehead atoms. The minimum absolute atomic E-state index is 0. The average molecular weight is 142 g/mol. The zero-order valence-electron chi connectivity index (χ0n) is 7.06. The largest absolute Gasteiger partial charge is 1.00 e. The fourth-order valence-corrected chi connectivity index (χ4v) is 0. The molecular weight excluding hydrogens is 127 g/mol. The monoisotopic (exact) mass is 142 g/mol. The second-order valence-electron chi connectivity index (χ2n) is 2.46. The van der Waals surface area contributed by atoms with Gasteiger partial charge in [0.2, 0.25) is 0 Å². The maximum atomic E-state index is 8.93. The molecule has 0 aliphatic heterocycles. The summed E-state index contributed by atoms with van der Waals surface area (Å²) < 4.78 is 0. The van der Waals surface area contributed by atoms with Crippen molar-refractivity contribution in [3.8, 4) is 0 Å². The Morgan fingerprint density at radius 2 is 1.33 bits per heavy atom. The van der Waals surface area contributed by atoms with Crippen LogP contribution in [0.25, 0.3) is 0 Å². The summed E-state index contributed by atoms with van der Waals surface area (Å²) in [7, 11) is 0. The number of hydrogen-bond donors (Lipinski definition) is 1. The van der Waals surface area contributed by atoms with E-state index in [9.17, 15) is 0 Å². The van der Waals surface area contributed by atoms with Crippen LogP contribution >= 0.6 is 0 Å². The molecule has 52 valence electrons. The summed E-state index contributed by atoms with van der Waals surface area (Å²) in [6.45, 7) is 6.80. The van der Waals surface area contributed by atoms with Crippen LogP contribution < -0.4 is 34.7 Å². The fraction of sp³-hybridized carbons (Fsp3) is 1.00. The van der Waals surface area contributed by atoms with Crippen molar-refractivity contribution in [3.63, 3.8) is 0 Å². The van der Waals surface area contributed by atoms with E-state index < -0.39 is 5.60 Å². The third-order valence-electron chi connectivity index (χ3n) is 0. The Morgan fingerprint density at radius 1 is 1.33 bits per heavy atom. The Morgan fingerprint density at radius 3 is 1.33 bits per heavy atom. The molecule has 0 saturated carbocycles. The van der Waals surface area contributed by atoms with E-state index >= 15 is 0 Å². The van der Waals surface area contributed by atoms with Gasteiger partial charge in [-0.25, -0.2) is 0 Å². The molecule has 1 N–H and O–H groups in total. The van der Waals surface area contributed by atoms with Crippen molar-refractivity contribution in [1.82, 2.24) is 0 Å². The molecule has 0 spiro atoms. The summed E-state index contributed by atoms with van der Waals surface area (Å²) in [5.41, 5.74) is -0.500. The molecule has 0 rings (SSSR count). The Bertz CT molecular complexity index is 34.8. The summed E-state index contributed by atoms with van der Waals surface area (Å²) in [4.78, 5) is 0. The van der Waals surface area contributed by atoms with E-state index in [2.05, 4.69) is 0 Å². The Kier molecular flexibility index (Phi) is 16.3. The van der Waals surface area contributed by atoms with Crippen molar-refractivity contribution >= 4 is 0 Å². The smallest absolute Gasteiger partial charge is 0.855 e. The summed E-state index contributed by atoms with van der Waals surface area (Å²) >= 11 is 0. The van der Waals surface area contributed by atoms with E-state index in [4.69, 9.17) is 10.2 Å². The molecule has 3 heteroatoms. The maximum absolute atomic E-state index is 8.93. The first-order chi connectivity index (χ1) is 3.41. The molecule has 0 aromatic heterocycles. The second kappa shape index (κ2) is 8.92. The molecule has 0 aromatic rings. The molecule has 0 aliphatic carbocycles. The van der Waals surface area contributed by atoms with Gasteiger partial charge >= 0.3 is 29.6 Å². The second-order valence-corrected chi connectivity index (χ2v) is 2.46. The van der Waals surface area contributed by atoms with Gasteiger partial charge in [-0.15, -0.1) is 6.61 Å². The quantitative estimate of drug-likeness (QED) is 0.370. The van der Waals surface area contributed by atoms with E-state index in [1.54, 1.807) is 27.7 Å². The van der Waals surface area contributed by atoms with Gasteiger partial charge in [0.05, 0.1) is 5.60 Å². The van der Waals surface area contributed by atoms with Crippen molar-refractivity contribution < 1.29 is 39.8 Å². The zero-order chi connectivity index (χ0) is 7.21. The predicted octanol–water partition coefficient (Wildman–Crippen LogP) is -2.85. The predicted molar refractivity (Wildman–Crippen MR) is 32.5 cm³/mol. The Labute approximate surface area is 79.6 Å². The van der Waals surface area contributed by atoms with E-state index in [-0.39, 0.29) is 36.2 Å². The Balaban J connectivity index is -0.0000000800. The molecular formula is C6H15NaO2. The van der Waals surface area contributed by atoms with Gasteiger partial charge in [0.25, 0.3) is 0 Å². The van der Waals surface area contributed by atoms with Crippen LogP contribution in [-0.4, -0.2) is 17.3 Å². The van der Waals surface area contributed by atoms with Gasteiger partial charge in [0.1, 0.15) is 0 Å².